The quantitative estimate of drug-likeness (QED) is 0.778. The second kappa shape index (κ2) is 4.40. The van der Waals surface area contributed by atoms with E-state index in [1.165, 1.54) is 0 Å². The van der Waals surface area contributed by atoms with E-state index in [9.17, 15) is 4.79 Å². The minimum absolute atomic E-state index is 0.233. The van der Waals surface area contributed by atoms with Gasteiger partial charge >= 0.3 is 5.97 Å². The second-order valence-corrected chi connectivity index (χ2v) is 4.54. The zero-order valence-electron chi connectivity index (χ0n) is 9.75. The van der Waals surface area contributed by atoms with Gasteiger partial charge in [0, 0.05) is 10.7 Å². The standard InChI is InChI=1S/C14H9ClN2O2/c15-10-2-1-3-11(7-10)17-8-16-12-5-4-9(14(18)19)6-13(12)17/h1-8H,(H,18,19). The number of carboxylic acid groups (broad SMARTS) is 1. The van der Waals surface area contributed by atoms with Gasteiger partial charge < -0.3 is 5.11 Å². The Morgan fingerprint density at radius 2 is 2.05 bits per heavy atom. The summed E-state index contributed by atoms with van der Waals surface area (Å²) in [6.07, 6.45) is 1.65. The molecule has 5 heteroatoms. The van der Waals surface area contributed by atoms with Gasteiger partial charge in [0.25, 0.3) is 0 Å². The van der Waals surface area contributed by atoms with E-state index < -0.39 is 5.97 Å². The van der Waals surface area contributed by atoms with E-state index in [1.54, 1.807) is 36.7 Å². The number of fused-ring (bicyclic) bond motifs is 1. The molecule has 0 bridgehead atoms. The van der Waals surface area contributed by atoms with Crippen LogP contribution in [-0.2, 0) is 0 Å². The largest absolute Gasteiger partial charge is 0.478 e. The zero-order valence-corrected chi connectivity index (χ0v) is 10.5. The number of rotatable bonds is 2. The molecule has 2 aromatic carbocycles. The zero-order chi connectivity index (χ0) is 13.4. The third-order valence-corrected chi connectivity index (χ3v) is 3.12. The molecule has 0 spiro atoms. The van der Waals surface area contributed by atoms with Gasteiger partial charge in [0.1, 0.15) is 6.33 Å². The van der Waals surface area contributed by atoms with Crippen LogP contribution in [-0.4, -0.2) is 20.6 Å². The third-order valence-electron chi connectivity index (χ3n) is 2.88. The predicted octanol–water partition coefficient (Wildman–Crippen LogP) is 3.38. The van der Waals surface area contributed by atoms with Gasteiger partial charge in [-0.2, -0.15) is 0 Å². The molecular weight excluding hydrogens is 264 g/mol. The van der Waals surface area contributed by atoms with Gasteiger partial charge in [-0.15, -0.1) is 0 Å². The number of halogens is 1. The molecule has 19 heavy (non-hydrogen) atoms. The van der Waals surface area contributed by atoms with Crippen LogP contribution in [0, 0.1) is 0 Å². The van der Waals surface area contributed by atoms with Crippen molar-refractivity contribution in [3.05, 3.63) is 59.4 Å². The molecule has 0 saturated heterocycles. The lowest BCUT2D eigenvalue weighted by atomic mass is 10.2. The van der Waals surface area contributed by atoms with E-state index in [0.717, 1.165) is 16.7 Å². The van der Waals surface area contributed by atoms with Gasteiger partial charge in [-0.05, 0) is 36.4 Å². The molecule has 3 aromatic rings. The monoisotopic (exact) mass is 272 g/mol. The summed E-state index contributed by atoms with van der Waals surface area (Å²) in [7, 11) is 0. The smallest absolute Gasteiger partial charge is 0.335 e. The Labute approximate surface area is 113 Å². The summed E-state index contributed by atoms with van der Waals surface area (Å²) < 4.78 is 1.81. The first-order chi connectivity index (χ1) is 9.15. The molecule has 0 amide bonds. The van der Waals surface area contributed by atoms with E-state index in [0.29, 0.717) is 5.02 Å². The molecule has 0 saturated carbocycles. The Balaban J connectivity index is 2.24. The maximum atomic E-state index is 11.0. The molecular formula is C14H9ClN2O2. The predicted molar refractivity (Wildman–Crippen MR) is 73.0 cm³/mol. The highest BCUT2D eigenvalue weighted by molar-refractivity contribution is 6.30. The van der Waals surface area contributed by atoms with Crippen molar-refractivity contribution in [2.75, 3.05) is 0 Å². The molecule has 0 unspecified atom stereocenters. The SMILES string of the molecule is O=C(O)c1ccc2ncn(-c3cccc(Cl)c3)c2c1. The number of aromatic carboxylic acids is 1. The fourth-order valence-corrected chi connectivity index (χ4v) is 2.16. The van der Waals surface area contributed by atoms with Crippen LogP contribution in [0.4, 0.5) is 0 Å². The van der Waals surface area contributed by atoms with Crippen molar-refractivity contribution in [3.63, 3.8) is 0 Å². The molecule has 0 radical (unpaired) electrons. The van der Waals surface area contributed by atoms with Crippen LogP contribution >= 0.6 is 11.6 Å². The second-order valence-electron chi connectivity index (χ2n) is 4.10. The normalized spacial score (nSPS) is 10.8. The van der Waals surface area contributed by atoms with Gasteiger partial charge in [0.15, 0.2) is 0 Å². The van der Waals surface area contributed by atoms with Gasteiger partial charge in [0.05, 0.1) is 16.6 Å². The summed E-state index contributed by atoms with van der Waals surface area (Å²) >= 11 is 5.97. The summed E-state index contributed by atoms with van der Waals surface area (Å²) in [6, 6.07) is 12.2. The Bertz CT molecular complexity index is 780. The third kappa shape index (κ3) is 2.06. The lowest BCUT2D eigenvalue weighted by molar-refractivity contribution is 0.0697. The van der Waals surface area contributed by atoms with Crippen molar-refractivity contribution in [2.24, 2.45) is 0 Å². The molecule has 4 nitrogen and oxygen atoms in total. The molecule has 1 aromatic heterocycles. The van der Waals surface area contributed by atoms with Crippen LogP contribution in [0.1, 0.15) is 10.4 Å². The summed E-state index contributed by atoms with van der Waals surface area (Å²) in [5.41, 5.74) is 2.56. The van der Waals surface area contributed by atoms with Crippen LogP contribution in [0.5, 0.6) is 0 Å². The first-order valence-corrected chi connectivity index (χ1v) is 5.99. The Hall–Kier alpha value is -2.33. The lowest BCUT2D eigenvalue weighted by Crippen LogP contribution is -1.97. The summed E-state index contributed by atoms with van der Waals surface area (Å²) in [5.74, 6) is -0.958. The molecule has 0 aliphatic rings. The number of carbonyl (C=O) groups is 1. The molecule has 0 aliphatic carbocycles. The molecule has 1 N–H and O–H groups in total. The average Bonchev–Trinajstić information content (AvgIpc) is 2.81. The topological polar surface area (TPSA) is 55.1 Å². The van der Waals surface area contributed by atoms with Gasteiger partial charge in [-0.1, -0.05) is 17.7 Å². The van der Waals surface area contributed by atoms with Gasteiger partial charge in [-0.3, -0.25) is 4.57 Å². The highest BCUT2D eigenvalue weighted by Crippen LogP contribution is 2.21. The van der Waals surface area contributed by atoms with Crippen molar-refractivity contribution in [1.82, 2.24) is 9.55 Å². The van der Waals surface area contributed by atoms with E-state index in [-0.39, 0.29) is 5.56 Å². The lowest BCUT2D eigenvalue weighted by Gasteiger charge is -2.05. The van der Waals surface area contributed by atoms with Crippen molar-refractivity contribution < 1.29 is 9.90 Å². The fourth-order valence-electron chi connectivity index (χ4n) is 1.97. The maximum absolute atomic E-state index is 11.0. The van der Waals surface area contributed by atoms with Crippen molar-refractivity contribution in [2.45, 2.75) is 0 Å². The minimum Gasteiger partial charge on any atom is -0.478 e. The van der Waals surface area contributed by atoms with Crippen molar-refractivity contribution >= 4 is 28.6 Å². The van der Waals surface area contributed by atoms with Gasteiger partial charge in [-0.25, -0.2) is 9.78 Å². The Morgan fingerprint density at radius 1 is 1.21 bits per heavy atom. The molecule has 0 fully saturated rings. The number of benzene rings is 2. The molecule has 94 valence electrons. The van der Waals surface area contributed by atoms with E-state index in [4.69, 9.17) is 16.7 Å². The number of aromatic nitrogens is 2. The average molecular weight is 273 g/mol. The summed E-state index contributed by atoms with van der Waals surface area (Å²) in [6.45, 7) is 0. The minimum atomic E-state index is -0.958. The summed E-state index contributed by atoms with van der Waals surface area (Å²) in [5, 5.41) is 9.66. The number of carboxylic acids is 1. The van der Waals surface area contributed by atoms with Crippen molar-refractivity contribution in [1.29, 1.82) is 0 Å². The fraction of sp³-hybridized carbons (Fsp3) is 0. The number of nitrogens with zero attached hydrogens (tertiary/aromatic N) is 2. The maximum Gasteiger partial charge on any atom is 0.335 e. The van der Waals surface area contributed by atoms with E-state index >= 15 is 0 Å². The molecule has 1 heterocycles. The molecule has 0 aliphatic heterocycles. The Kier molecular flexibility index (Phi) is 2.72. The van der Waals surface area contributed by atoms with Gasteiger partial charge in [0.2, 0.25) is 0 Å². The van der Waals surface area contributed by atoms with Crippen LogP contribution in [0.15, 0.2) is 48.8 Å². The van der Waals surface area contributed by atoms with E-state index in [1.807, 2.05) is 16.7 Å². The first-order valence-electron chi connectivity index (χ1n) is 5.61. The number of hydrogen-bond donors (Lipinski definition) is 1. The van der Waals surface area contributed by atoms with Crippen LogP contribution in [0.25, 0.3) is 16.7 Å². The number of imidazole rings is 1. The molecule has 0 atom stereocenters. The number of hydrogen-bond acceptors (Lipinski definition) is 2. The highest BCUT2D eigenvalue weighted by Gasteiger charge is 2.09. The van der Waals surface area contributed by atoms with E-state index in [2.05, 4.69) is 4.98 Å². The molecule has 3 rings (SSSR count). The first kappa shape index (κ1) is 11.7. The van der Waals surface area contributed by atoms with Crippen LogP contribution < -0.4 is 0 Å². The summed E-state index contributed by atoms with van der Waals surface area (Å²) in [4.78, 5) is 15.3. The van der Waals surface area contributed by atoms with Crippen LogP contribution in [0.3, 0.4) is 0 Å². The Morgan fingerprint density at radius 3 is 2.79 bits per heavy atom. The van der Waals surface area contributed by atoms with Crippen LogP contribution in [0.2, 0.25) is 5.02 Å². The highest BCUT2D eigenvalue weighted by atomic mass is 35.5. The van der Waals surface area contributed by atoms with Crippen molar-refractivity contribution in [3.8, 4) is 5.69 Å².